The zero-order valence-electron chi connectivity index (χ0n) is 20.4. The number of carbonyl (C=O) groups excluding carboxylic acids is 3. The van der Waals surface area contributed by atoms with Gasteiger partial charge in [0.1, 0.15) is 0 Å². The van der Waals surface area contributed by atoms with Crippen LogP contribution in [0.3, 0.4) is 0 Å². The molecule has 4 atom stereocenters. The molecule has 6 rings (SSSR count). The number of anilines is 1. The Balaban J connectivity index is 1.60. The number of amides is 2. The third-order valence-corrected chi connectivity index (χ3v) is 8.55. The molecule has 3 aromatic rings. The quantitative estimate of drug-likeness (QED) is 0.273. The first kappa shape index (κ1) is 23.0. The lowest BCUT2D eigenvalue weighted by Crippen LogP contribution is -2.41. The lowest BCUT2D eigenvalue weighted by Gasteiger charge is -2.37. The molecule has 1 saturated heterocycles. The second-order valence-electron chi connectivity index (χ2n) is 10.1. The highest BCUT2D eigenvalue weighted by atomic mass is 16.6. The summed E-state index contributed by atoms with van der Waals surface area (Å²) in [4.78, 5) is 54.3. The maximum absolute atomic E-state index is 14.4. The maximum atomic E-state index is 14.4. The number of benzene rings is 3. The topological polar surface area (TPSA) is 97.6 Å². The van der Waals surface area contributed by atoms with Gasteiger partial charge < -0.3 is 0 Å². The van der Waals surface area contributed by atoms with Crippen molar-refractivity contribution in [2.45, 2.75) is 20.3 Å². The normalized spacial score (nSPS) is 28.3. The largest absolute Gasteiger partial charge is 0.298 e. The first-order valence-corrected chi connectivity index (χ1v) is 12.3. The molecule has 0 unspecified atom stereocenters. The first-order chi connectivity index (χ1) is 17.8. The minimum Gasteiger partial charge on any atom is -0.298 e. The third-order valence-electron chi connectivity index (χ3n) is 8.55. The Bertz CT molecular complexity index is 1510. The van der Waals surface area contributed by atoms with Crippen molar-refractivity contribution in [3.63, 3.8) is 0 Å². The number of allylic oxidation sites excluding steroid dienone is 2. The minimum absolute atomic E-state index is 0.0831. The fraction of sp³-hybridized carbons (Fsp3) is 0.233. The molecular weight excluding hydrogens is 468 g/mol. The monoisotopic (exact) mass is 492 g/mol. The Hall–Kier alpha value is -4.39. The molecule has 2 bridgehead atoms. The van der Waals surface area contributed by atoms with Gasteiger partial charge in [0, 0.05) is 12.1 Å². The average molecular weight is 493 g/mol. The van der Waals surface area contributed by atoms with Gasteiger partial charge in [0.05, 0.1) is 33.3 Å². The zero-order valence-corrected chi connectivity index (χ0v) is 20.4. The number of nitro benzene ring substituents is 1. The van der Waals surface area contributed by atoms with Crippen LogP contribution in [-0.2, 0) is 14.4 Å². The SMILES string of the molecule is CC[C@@]12C(=O)[C@@](C)(C(c3ccccc3)=C1c1ccccc1)[C@@H]1C(=O)N(c3ccc([N+](=O)[O-])cc3)C(=O)[C@H]12. The molecule has 1 heterocycles. The highest BCUT2D eigenvalue weighted by Gasteiger charge is 2.79. The Labute approximate surface area is 213 Å². The van der Waals surface area contributed by atoms with Crippen LogP contribution in [0.4, 0.5) is 11.4 Å². The van der Waals surface area contributed by atoms with E-state index in [0.29, 0.717) is 6.42 Å². The van der Waals surface area contributed by atoms with Gasteiger partial charge in [-0.15, -0.1) is 0 Å². The summed E-state index contributed by atoms with van der Waals surface area (Å²) < 4.78 is 0. The summed E-state index contributed by atoms with van der Waals surface area (Å²) in [6.07, 6.45) is 0.371. The van der Waals surface area contributed by atoms with Crippen LogP contribution in [0.25, 0.3) is 11.1 Å². The molecule has 0 aromatic heterocycles. The molecule has 3 aromatic carbocycles. The Morgan fingerprint density at radius 1 is 0.784 bits per heavy atom. The van der Waals surface area contributed by atoms with Crippen molar-refractivity contribution in [1.29, 1.82) is 0 Å². The van der Waals surface area contributed by atoms with Gasteiger partial charge >= 0.3 is 0 Å². The maximum Gasteiger partial charge on any atom is 0.269 e. The summed E-state index contributed by atoms with van der Waals surface area (Å²) >= 11 is 0. The van der Waals surface area contributed by atoms with Gasteiger partial charge in [-0.1, -0.05) is 67.6 Å². The van der Waals surface area contributed by atoms with Crippen molar-refractivity contribution in [2.75, 3.05) is 4.90 Å². The van der Waals surface area contributed by atoms with Crippen LogP contribution in [0, 0.1) is 32.8 Å². The summed E-state index contributed by atoms with van der Waals surface area (Å²) in [7, 11) is 0. The molecule has 1 saturated carbocycles. The fourth-order valence-electron chi connectivity index (χ4n) is 7.11. The number of non-ortho nitro benzene ring substituents is 1. The number of ketones is 1. The zero-order chi connectivity index (χ0) is 26.1. The van der Waals surface area contributed by atoms with Gasteiger partial charge in [0.15, 0.2) is 5.78 Å². The van der Waals surface area contributed by atoms with E-state index < -0.39 is 39.4 Å². The second kappa shape index (κ2) is 7.80. The van der Waals surface area contributed by atoms with Crippen LogP contribution >= 0.6 is 0 Å². The van der Waals surface area contributed by atoms with Gasteiger partial charge in [-0.05, 0) is 47.8 Å². The molecule has 3 aliphatic rings. The van der Waals surface area contributed by atoms with Crippen LogP contribution < -0.4 is 4.90 Å². The number of fused-ring (bicyclic) bond motifs is 5. The van der Waals surface area contributed by atoms with Crippen LogP contribution in [-0.4, -0.2) is 22.5 Å². The van der Waals surface area contributed by atoms with Gasteiger partial charge in [-0.25, -0.2) is 4.90 Å². The highest BCUT2D eigenvalue weighted by molar-refractivity contribution is 6.34. The number of nitrogens with zero attached hydrogens (tertiary/aromatic N) is 2. The predicted molar refractivity (Wildman–Crippen MR) is 138 cm³/mol. The summed E-state index contributed by atoms with van der Waals surface area (Å²) in [5.74, 6) is -2.65. The van der Waals surface area contributed by atoms with E-state index in [9.17, 15) is 24.5 Å². The molecule has 0 spiro atoms. The molecule has 184 valence electrons. The van der Waals surface area contributed by atoms with E-state index in [2.05, 4.69) is 0 Å². The molecule has 0 radical (unpaired) electrons. The average Bonchev–Trinajstić information content (AvgIpc) is 3.39. The van der Waals surface area contributed by atoms with Crippen molar-refractivity contribution in [1.82, 2.24) is 0 Å². The summed E-state index contributed by atoms with van der Waals surface area (Å²) in [5.41, 5.74) is 1.15. The molecular formula is C30H24N2O5. The minimum atomic E-state index is -1.20. The lowest BCUT2D eigenvalue weighted by atomic mass is 9.62. The van der Waals surface area contributed by atoms with Crippen LogP contribution in [0.2, 0.25) is 0 Å². The number of hydrogen-bond acceptors (Lipinski definition) is 5. The van der Waals surface area contributed by atoms with Crippen LogP contribution in [0.5, 0.6) is 0 Å². The Morgan fingerprint density at radius 2 is 1.30 bits per heavy atom. The summed E-state index contributed by atoms with van der Waals surface area (Å²) in [6, 6.07) is 24.7. The van der Waals surface area contributed by atoms with E-state index in [-0.39, 0.29) is 17.2 Å². The predicted octanol–water partition coefficient (Wildman–Crippen LogP) is 5.31. The smallest absolute Gasteiger partial charge is 0.269 e. The van der Waals surface area contributed by atoms with E-state index in [1.165, 1.54) is 24.3 Å². The lowest BCUT2D eigenvalue weighted by molar-refractivity contribution is -0.384. The standard InChI is InChI=1S/C30H24N2O5/c1-3-30-23(19-12-8-5-9-13-19)22(18-10-6-4-7-11-18)29(2,28(30)35)24-25(30)27(34)31(26(24)33)20-14-16-21(17-15-20)32(36)37/h4-17,24-25H,3H2,1-2H3/t24-,25-,29-,30+/m0/s1. The van der Waals surface area contributed by atoms with Crippen molar-refractivity contribution >= 4 is 40.1 Å². The summed E-state index contributed by atoms with van der Waals surface area (Å²) in [5, 5.41) is 11.1. The van der Waals surface area contributed by atoms with E-state index in [0.717, 1.165) is 27.2 Å². The first-order valence-electron chi connectivity index (χ1n) is 12.3. The van der Waals surface area contributed by atoms with Crippen molar-refractivity contribution in [3.8, 4) is 0 Å². The number of carbonyl (C=O) groups is 3. The van der Waals surface area contributed by atoms with Gasteiger partial charge in [0.2, 0.25) is 11.8 Å². The molecule has 0 N–H and O–H groups in total. The number of imide groups is 1. The highest BCUT2D eigenvalue weighted by Crippen LogP contribution is 2.74. The van der Waals surface area contributed by atoms with Crippen LogP contribution in [0.15, 0.2) is 84.9 Å². The number of rotatable bonds is 5. The van der Waals surface area contributed by atoms with Crippen LogP contribution in [0.1, 0.15) is 31.4 Å². The second-order valence-corrected chi connectivity index (χ2v) is 10.1. The fourth-order valence-corrected chi connectivity index (χ4v) is 7.11. The Morgan fingerprint density at radius 3 is 1.81 bits per heavy atom. The molecule has 2 fully saturated rings. The third kappa shape index (κ3) is 2.74. The van der Waals surface area contributed by atoms with Gasteiger partial charge in [-0.3, -0.25) is 24.5 Å². The Kier molecular flexibility index (Phi) is 4.86. The van der Waals surface area contributed by atoms with Crippen molar-refractivity contribution in [3.05, 3.63) is 106 Å². The van der Waals surface area contributed by atoms with Gasteiger partial charge in [0.25, 0.3) is 5.69 Å². The number of nitro groups is 1. The number of hydrogen-bond donors (Lipinski definition) is 0. The van der Waals surface area contributed by atoms with E-state index >= 15 is 0 Å². The molecule has 7 heteroatoms. The summed E-state index contributed by atoms with van der Waals surface area (Å²) in [6.45, 7) is 3.72. The van der Waals surface area contributed by atoms with Crippen molar-refractivity contribution < 1.29 is 19.3 Å². The molecule has 2 aliphatic carbocycles. The molecule has 1 aliphatic heterocycles. The molecule has 7 nitrogen and oxygen atoms in total. The van der Waals surface area contributed by atoms with E-state index in [1.54, 1.807) is 0 Å². The molecule has 2 amide bonds. The van der Waals surface area contributed by atoms with E-state index in [1.807, 2.05) is 74.5 Å². The molecule has 37 heavy (non-hydrogen) atoms. The van der Waals surface area contributed by atoms with E-state index in [4.69, 9.17) is 0 Å². The number of Topliss-reactive ketones (excluding diaryl/α,β-unsaturated/α-hetero) is 1. The van der Waals surface area contributed by atoms with Crippen molar-refractivity contribution in [2.24, 2.45) is 22.7 Å². The van der Waals surface area contributed by atoms with Gasteiger partial charge in [-0.2, -0.15) is 0 Å².